The van der Waals surface area contributed by atoms with Crippen molar-refractivity contribution < 1.29 is 4.43 Å². The lowest BCUT2D eigenvalue weighted by Gasteiger charge is -1.85. The summed E-state index contributed by atoms with van der Waals surface area (Å²) in [7, 11) is 0.899. The van der Waals surface area contributed by atoms with Gasteiger partial charge in [0, 0.05) is 6.61 Å². The fourth-order valence-electron chi connectivity index (χ4n) is 0.204. The normalized spacial score (nSPS) is 7.50. The molecule has 40 valence electrons. The van der Waals surface area contributed by atoms with Crippen LogP contribution in [-0.4, -0.2) is 17.1 Å². The fraction of sp³-hybridized carbons (Fsp3) is 1.00. The van der Waals surface area contributed by atoms with Crippen LogP contribution in [-0.2, 0) is 4.43 Å². The van der Waals surface area contributed by atoms with Crippen LogP contribution in [0.3, 0.4) is 0 Å². The summed E-state index contributed by atoms with van der Waals surface area (Å²) in [4.78, 5) is 0. The Balaban J connectivity index is 0. The molecule has 0 spiro atoms. The number of halogens is 1. The quantitative estimate of drug-likeness (QED) is 0.478. The van der Waals surface area contributed by atoms with Gasteiger partial charge in [0.05, 0.1) is 0 Å². The Labute approximate surface area is 48.0 Å². The number of rotatable bonds is 2. The van der Waals surface area contributed by atoms with Crippen LogP contribution in [0.1, 0.15) is 13.3 Å². The summed E-state index contributed by atoms with van der Waals surface area (Å²) in [6.07, 6.45) is 1.16. The van der Waals surface area contributed by atoms with E-state index in [1.54, 1.807) is 0 Å². The van der Waals surface area contributed by atoms with Crippen molar-refractivity contribution in [1.82, 2.24) is 0 Å². The molecule has 0 saturated carbocycles. The van der Waals surface area contributed by atoms with Gasteiger partial charge in [-0.25, -0.2) is 0 Å². The van der Waals surface area contributed by atoms with E-state index in [9.17, 15) is 0 Å². The van der Waals surface area contributed by atoms with Gasteiger partial charge in [-0.05, 0) is 6.42 Å². The fourth-order valence-corrected chi connectivity index (χ4v) is 0.612. The van der Waals surface area contributed by atoms with E-state index >= 15 is 0 Å². The van der Waals surface area contributed by atoms with Crippen molar-refractivity contribution in [3.8, 4) is 0 Å². The Morgan fingerprint density at radius 3 is 2.17 bits per heavy atom. The second kappa shape index (κ2) is 9.08. The highest BCUT2D eigenvalue weighted by molar-refractivity contribution is 5.97. The van der Waals surface area contributed by atoms with Crippen molar-refractivity contribution in [2.75, 3.05) is 6.61 Å². The lowest BCUT2D eigenvalue weighted by Crippen LogP contribution is -1.83. The standard InChI is InChI=1S/C3H10OSi.ClH/c1-2-3-4-5;/h2-3H2,1,5H3;1H. The van der Waals surface area contributed by atoms with E-state index < -0.39 is 0 Å². The van der Waals surface area contributed by atoms with Crippen LogP contribution < -0.4 is 0 Å². The summed E-state index contributed by atoms with van der Waals surface area (Å²) in [5.41, 5.74) is 0. The number of hydrogen-bond acceptors (Lipinski definition) is 1. The summed E-state index contributed by atoms with van der Waals surface area (Å²) in [5, 5.41) is 0. The third kappa shape index (κ3) is 8.82. The minimum Gasteiger partial charge on any atom is -0.428 e. The lowest BCUT2D eigenvalue weighted by atomic mass is 10.5. The van der Waals surface area contributed by atoms with Crippen molar-refractivity contribution in [2.24, 2.45) is 0 Å². The molecule has 0 aromatic rings. The third-order valence-electron chi connectivity index (χ3n) is 0.408. The molecule has 0 aromatic heterocycles. The van der Waals surface area contributed by atoms with Gasteiger partial charge in [0.1, 0.15) is 10.5 Å². The molecular weight excluding hydrogens is 116 g/mol. The highest BCUT2D eigenvalue weighted by Gasteiger charge is 1.65. The van der Waals surface area contributed by atoms with Gasteiger partial charge in [-0.2, -0.15) is 0 Å². The SMILES string of the molecule is CCCO[SiH3].Cl. The Hall–Kier alpha value is 0.467. The van der Waals surface area contributed by atoms with Crippen LogP contribution in [0.4, 0.5) is 0 Å². The van der Waals surface area contributed by atoms with Crippen molar-refractivity contribution >= 4 is 22.9 Å². The van der Waals surface area contributed by atoms with E-state index in [1.807, 2.05) is 0 Å². The van der Waals surface area contributed by atoms with Gasteiger partial charge in [0.2, 0.25) is 0 Å². The van der Waals surface area contributed by atoms with E-state index in [0.717, 1.165) is 23.5 Å². The smallest absolute Gasteiger partial charge is 0.145 e. The van der Waals surface area contributed by atoms with E-state index in [1.165, 1.54) is 0 Å². The Morgan fingerprint density at radius 2 is 2.17 bits per heavy atom. The summed E-state index contributed by atoms with van der Waals surface area (Å²) in [6, 6.07) is 0. The Bertz CT molecular complexity index is 18.3. The minimum atomic E-state index is 0. The molecule has 0 amide bonds. The summed E-state index contributed by atoms with van der Waals surface area (Å²) < 4.78 is 4.83. The van der Waals surface area contributed by atoms with Gasteiger partial charge in [0.25, 0.3) is 0 Å². The Morgan fingerprint density at radius 1 is 1.67 bits per heavy atom. The summed E-state index contributed by atoms with van der Waals surface area (Å²) in [6.45, 7) is 3.06. The molecule has 1 nitrogen and oxygen atoms in total. The van der Waals surface area contributed by atoms with Crippen LogP contribution in [0.15, 0.2) is 0 Å². The maximum Gasteiger partial charge on any atom is 0.145 e. The van der Waals surface area contributed by atoms with Crippen LogP contribution in [0, 0.1) is 0 Å². The second-order valence-corrected chi connectivity index (χ2v) is 1.57. The molecule has 0 aromatic carbocycles. The average Bonchev–Trinajstić information content (AvgIpc) is 1.41. The second-order valence-electron chi connectivity index (χ2n) is 0.993. The first kappa shape index (κ1) is 9.69. The minimum absolute atomic E-state index is 0. The molecule has 0 radical (unpaired) electrons. The predicted octanol–water partition coefficient (Wildman–Crippen LogP) is 0.115. The molecule has 0 aliphatic heterocycles. The van der Waals surface area contributed by atoms with Gasteiger partial charge in [0.15, 0.2) is 0 Å². The average molecular weight is 127 g/mol. The Kier molecular flexibility index (Phi) is 14.7. The molecule has 0 aliphatic rings. The zero-order chi connectivity index (χ0) is 4.12. The van der Waals surface area contributed by atoms with Gasteiger partial charge < -0.3 is 4.43 Å². The van der Waals surface area contributed by atoms with Crippen LogP contribution in [0.5, 0.6) is 0 Å². The zero-order valence-corrected chi connectivity index (χ0v) is 7.05. The van der Waals surface area contributed by atoms with Crippen molar-refractivity contribution in [1.29, 1.82) is 0 Å². The third-order valence-corrected chi connectivity index (χ3v) is 0.816. The first-order chi connectivity index (χ1) is 2.41. The molecule has 0 unspecified atom stereocenters. The van der Waals surface area contributed by atoms with Gasteiger partial charge in [-0.3, -0.25) is 0 Å². The van der Waals surface area contributed by atoms with E-state index in [2.05, 4.69) is 6.92 Å². The molecule has 0 saturated heterocycles. The molecule has 0 fully saturated rings. The topological polar surface area (TPSA) is 9.23 Å². The largest absolute Gasteiger partial charge is 0.428 e. The molecule has 6 heavy (non-hydrogen) atoms. The lowest BCUT2D eigenvalue weighted by molar-refractivity contribution is 0.349. The maximum absolute atomic E-state index is 4.83. The maximum atomic E-state index is 4.83. The molecule has 0 N–H and O–H groups in total. The van der Waals surface area contributed by atoms with Gasteiger partial charge in [-0.1, -0.05) is 6.92 Å². The summed E-state index contributed by atoms with van der Waals surface area (Å²) in [5.74, 6) is 0. The van der Waals surface area contributed by atoms with Crippen LogP contribution >= 0.6 is 12.4 Å². The van der Waals surface area contributed by atoms with Crippen LogP contribution in [0.2, 0.25) is 0 Å². The van der Waals surface area contributed by atoms with Crippen molar-refractivity contribution in [3.05, 3.63) is 0 Å². The molecule has 3 heteroatoms. The molecule has 0 rings (SSSR count). The van der Waals surface area contributed by atoms with Gasteiger partial charge in [-0.15, -0.1) is 12.4 Å². The molecule has 0 aliphatic carbocycles. The first-order valence-electron chi connectivity index (χ1n) is 1.90. The molecule has 0 bridgehead atoms. The molecular formula is C3H11ClOSi. The van der Waals surface area contributed by atoms with Crippen LogP contribution in [0.25, 0.3) is 0 Å². The molecule has 0 heterocycles. The predicted molar refractivity (Wildman–Crippen MR) is 33.4 cm³/mol. The number of hydrogen-bond donors (Lipinski definition) is 0. The zero-order valence-electron chi connectivity index (χ0n) is 4.23. The van der Waals surface area contributed by atoms with Crippen molar-refractivity contribution in [3.63, 3.8) is 0 Å². The van der Waals surface area contributed by atoms with Crippen molar-refractivity contribution in [2.45, 2.75) is 13.3 Å². The van der Waals surface area contributed by atoms with Gasteiger partial charge >= 0.3 is 0 Å². The molecule has 0 atom stereocenters. The summed E-state index contributed by atoms with van der Waals surface area (Å²) >= 11 is 0. The van der Waals surface area contributed by atoms with E-state index in [-0.39, 0.29) is 12.4 Å². The van der Waals surface area contributed by atoms with E-state index in [0.29, 0.717) is 0 Å². The first-order valence-corrected chi connectivity index (χ1v) is 2.72. The monoisotopic (exact) mass is 126 g/mol. The highest BCUT2D eigenvalue weighted by atomic mass is 35.5. The van der Waals surface area contributed by atoms with E-state index in [4.69, 9.17) is 4.43 Å². The highest BCUT2D eigenvalue weighted by Crippen LogP contribution is 1.69.